The Morgan fingerprint density at radius 2 is 2.00 bits per heavy atom. The summed E-state index contributed by atoms with van der Waals surface area (Å²) in [6.07, 6.45) is 1.73. The first-order valence-corrected chi connectivity index (χ1v) is 5.99. The van der Waals surface area contributed by atoms with E-state index in [9.17, 15) is 10.4 Å². The van der Waals surface area contributed by atoms with Gasteiger partial charge in [0.1, 0.15) is 11.9 Å². The van der Waals surface area contributed by atoms with Gasteiger partial charge < -0.3 is 5.21 Å². The number of rotatable bonds is 1. The van der Waals surface area contributed by atoms with Crippen LogP contribution in [-0.4, -0.2) is 14.7 Å². The predicted molar refractivity (Wildman–Crippen MR) is 60.9 cm³/mol. The van der Waals surface area contributed by atoms with Crippen LogP contribution in [-0.2, 0) is 0 Å². The summed E-state index contributed by atoms with van der Waals surface area (Å²) in [5.74, 6) is 0. The van der Waals surface area contributed by atoms with Crippen LogP contribution in [0, 0.1) is 5.21 Å². The minimum atomic E-state index is -1.19. The molecule has 1 aromatic carbocycles. The maximum Gasteiger partial charge on any atom is 0.155 e. The second kappa shape index (κ2) is 4.14. The zero-order chi connectivity index (χ0) is 10.9. The first-order chi connectivity index (χ1) is 7.09. The Hall–Kier alpha value is -0.550. The number of hydrogen-bond donors (Lipinski definition) is 1. The summed E-state index contributed by atoms with van der Waals surface area (Å²) in [7, 11) is 0. The maximum atomic E-state index is 11.9. The summed E-state index contributed by atoms with van der Waals surface area (Å²) >= 11 is 1.08. The zero-order valence-electron chi connectivity index (χ0n) is 8.67. The van der Waals surface area contributed by atoms with Crippen molar-refractivity contribution in [2.45, 2.75) is 31.1 Å². The summed E-state index contributed by atoms with van der Waals surface area (Å²) < 4.78 is -1.19. The lowest BCUT2D eigenvalue weighted by Crippen LogP contribution is -2.40. The average Bonchev–Trinajstić information content (AvgIpc) is 2.17. The average molecular weight is 225 g/mol. The minimum absolute atomic E-state index is 0.229. The Kier molecular flexibility index (Phi) is 3.02. The molecule has 82 valence electrons. The molecule has 0 spiro atoms. The molecule has 0 radical (unpaired) electrons. The highest BCUT2D eigenvalue weighted by atomic mass is 32.2. The molecule has 1 aliphatic heterocycles. The highest BCUT2D eigenvalue weighted by Crippen LogP contribution is 2.44. The predicted octanol–water partition coefficient (Wildman–Crippen LogP) is 3.26. The largest absolute Gasteiger partial charge is 0.586 e. The molecule has 3 nitrogen and oxygen atoms in total. The van der Waals surface area contributed by atoms with Crippen molar-refractivity contribution >= 4 is 11.9 Å². The molecule has 4 heteroatoms. The van der Waals surface area contributed by atoms with E-state index in [0.29, 0.717) is 0 Å². The topological polar surface area (TPSA) is 43.3 Å². The lowest BCUT2D eigenvalue weighted by Gasteiger charge is -2.43. The smallest absolute Gasteiger partial charge is 0.155 e. The van der Waals surface area contributed by atoms with Crippen LogP contribution < -0.4 is 0 Å². The van der Waals surface area contributed by atoms with Crippen LogP contribution in [0.3, 0.4) is 0 Å². The first-order valence-electron chi connectivity index (χ1n) is 5.15. The maximum absolute atomic E-state index is 11.9. The van der Waals surface area contributed by atoms with Crippen molar-refractivity contribution in [1.29, 1.82) is 0 Å². The van der Waals surface area contributed by atoms with Gasteiger partial charge in [-0.05, 0) is 13.3 Å². The van der Waals surface area contributed by atoms with E-state index in [1.165, 1.54) is 0 Å². The molecule has 15 heavy (non-hydrogen) atoms. The van der Waals surface area contributed by atoms with Gasteiger partial charge in [0.25, 0.3) is 0 Å². The second-order valence-corrected chi connectivity index (χ2v) is 5.52. The van der Waals surface area contributed by atoms with Gasteiger partial charge in [-0.2, -0.15) is 0 Å². The molecule has 2 unspecified atom stereocenters. The Morgan fingerprint density at radius 1 is 1.33 bits per heavy atom. The third-order valence-corrected chi connectivity index (χ3v) is 3.91. The van der Waals surface area contributed by atoms with Gasteiger partial charge in [-0.15, -0.1) is 4.21 Å². The van der Waals surface area contributed by atoms with Crippen molar-refractivity contribution in [1.82, 2.24) is 0 Å². The van der Waals surface area contributed by atoms with Crippen molar-refractivity contribution in [3.63, 3.8) is 0 Å². The van der Waals surface area contributed by atoms with E-state index in [1.54, 1.807) is 0 Å². The van der Waals surface area contributed by atoms with Gasteiger partial charge in [-0.1, -0.05) is 30.3 Å². The van der Waals surface area contributed by atoms with Crippen LogP contribution in [0.4, 0.5) is 0 Å². The normalized spacial score (nSPS) is 36.5. The highest BCUT2D eigenvalue weighted by Gasteiger charge is 2.38. The first kappa shape index (κ1) is 11.0. The van der Waals surface area contributed by atoms with Gasteiger partial charge in [0.05, 0.1) is 5.25 Å². The summed E-state index contributed by atoms with van der Waals surface area (Å²) in [4.78, 5) is 0. The van der Waals surface area contributed by atoms with Gasteiger partial charge in [0.2, 0.25) is 0 Å². The van der Waals surface area contributed by atoms with E-state index >= 15 is 0 Å². The molecule has 0 aliphatic carbocycles. The molecule has 0 saturated carbocycles. The Morgan fingerprint density at radius 3 is 2.60 bits per heavy atom. The van der Waals surface area contributed by atoms with Gasteiger partial charge in [0.15, 0.2) is 6.04 Å². The fraction of sp³-hybridized carbons (Fsp3) is 0.455. The van der Waals surface area contributed by atoms with Crippen molar-refractivity contribution < 1.29 is 9.42 Å². The molecule has 1 heterocycles. The number of hydroxylamine groups is 2. The molecule has 0 amide bonds. The van der Waals surface area contributed by atoms with Crippen molar-refractivity contribution in [2.75, 3.05) is 0 Å². The Balaban J connectivity index is 2.23. The van der Waals surface area contributed by atoms with E-state index in [2.05, 4.69) is 0 Å². The lowest BCUT2D eigenvalue weighted by atomic mass is 10.0. The van der Waals surface area contributed by atoms with Gasteiger partial charge in [0, 0.05) is 12.0 Å². The SMILES string of the molecule is C[C@H]1CCC(c2ccccc2)[N+]([O-])(O)S1. The number of nitrogens with zero attached hydrogens (tertiary/aromatic N) is 1. The van der Waals surface area contributed by atoms with Crippen LogP contribution >= 0.6 is 11.9 Å². The molecule has 1 aromatic rings. The summed E-state index contributed by atoms with van der Waals surface area (Å²) in [6, 6.07) is 9.19. The third kappa shape index (κ3) is 2.34. The zero-order valence-corrected chi connectivity index (χ0v) is 9.48. The van der Waals surface area contributed by atoms with Crippen molar-refractivity contribution in [2.24, 2.45) is 0 Å². The molecule has 3 atom stereocenters. The summed E-state index contributed by atoms with van der Waals surface area (Å²) in [6.45, 7) is 1.98. The number of hydrogen-bond acceptors (Lipinski definition) is 3. The molecule has 2 rings (SSSR count). The van der Waals surface area contributed by atoms with Gasteiger partial charge in [-0.25, -0.2) is 5.21 Å². The second-order valence-electron chi connectivity index (χ2n) is 3.98. The highest BCUT2D eigenvalue weighted by molar-refractivity contribution is 7.94. The van der Waals surface area contributed by atoms with Gasteiger partial charge in [-0.3, -0.25) is 0 Å². The molecule has 1 fully saturated rings. The molecule has 0 aromatic heterocycles. The molecular weight excluding hydrogens is 210 g/mol. The summed E-state index contributed by atoms with van der Waals surface area (Å²) in [5, 5.41) is 22.0. The summed E-state index contributed by atoms with van der Waals surface area (Å²) in [5.41, 5.74) is 0.925. The third-order valence-electron chi connectivity index (χ3n) is 2.76. The molecule has 1 N–H and O–H groups in total. The monoisotopic (exact) mass is 225 g/mol. The van der Waals surface area contributed by atoms with E-state index in [4.69, 9.17) is 0 Å². The Labute approximate surface area is 94.0 Å². The standard InChI is InChI=1S/C11H15NO2S/c1-9-7-8-11(12(13,14)15-9)10-5-3-2-4-6-10/h2-6,9,11,13H,7-8H2,1H3/t9-,11?/m0/s1. The molecule has 0 bridgehead atoms. The van der Waals surface area contributed by atoms with Crippen LogP contribution in [0.2, 0.25) is 0 Å². The fourth-order valence-electron chi connectivity index (χ4n) is 1.97. The number of quaternary nitrogens is 1. The van der Waals surface area contributed by atoms with Crippen molar-refractivity contribution in [3.05, 3.63) is 41.1 Å². The van der Waals surface area contributed by atoms with Crippen LogP contribution in [0.25, 0.3) is 0 Å². The van der Waals surface area contributed by atoms with Crippen molar-refractivity contribution in [3.8, 4) is 0 Å². The number of benzene rings is 1. The van der Waals surface area contributed by atoms with Crippen LogP contribution in [0.15, 0.2) is 30.3 Å². The van der Waals surface area contributed by atoms with Crippen LogP contribution in [0.5, 0.6) is 0 Å². The van der Waals surface area contributed by atoms with E-state index < -0.39 is 4.21 Å². The quantitative estimate of drug-likeness (QED) is 0.453. The van der Waals surface area contributed by atoms with E-state index in [1.807, 2.05) is 37.3 Å². The van der Waals surface area contributed by atoms with Crippen LogP contribution in [0.1, 0.15) is 31.4 Å². The lowest BCUT2D eigenvalue weighted by molar-refractivity contribution is -0.979. The van der Waals surface area contributed by atoms with E-state index in [-0.39, 0.29) is 11.3 Å². The van der Waals surface area contributed by atoms with E-state index in [0.717, 1.165) is 30.4 Å². The fourth-order valence-corrected chi connectivity index (χ4v) is 3.10. The Bertz CT molecular complexity index is 329. The molecular formula is C11H15NO2S. The van der Waals surface area contributed by atoms with Gasteiger partial charge >= 0.3 is 0 Å². The molecule has 1 saturated heterocycles. The minimum Gasteiger partial charge on any atom is -0.586 e. The molecule has 1 aliphatic rings.